The van der Waals surface area contributed by atoms with Crippen LogP contribution in [0.2, 0.25) is 0 Å². The number of oxazole rings is 1. The van der Waals surface area contributed by atoms with E-state index in [2.05, 4.69) is 25.9 Å². The highest BCUT2D eigenvalue weighted by Gasteiger charge is 2.15. The minimum Gasteiger partial charge on any atom is -0.480 e. The predicted octanol–water partition coefficient (Wildman–Crippen LogP) is 3.24. The second kappa shape index (κ2) is 4.55. The molecule has 0 aliphatic heterocycles. The van der Waals surface area contributed by atoms with Gasteiger partial charge in [-0.2, -0.15) is 0 Å². The summed E-state index contributed by atoms with van der Waals surface area (Å²) in [5, 5.41) is 0. The third-order valence-corrected chi connectivity index (χ3v) is 3.14. The van der Waals surface area contributed by atoms with Crippen molar-refractivity contribution in [2.75, 3.05) is 12.8 Å². The first-order chi connectivity index (χ1) is 9.19. The van der Waals surface area contributed by atoms with Crippen molar-refractivity contribution in [3.05, 3.63) is 34.9 Å². The largest absolute Gasteiger partial charge is 0.480 e. The molecule has 0 radical (unpaired) electrons. The highest BCUT2D eigenvalue weighted by molar-refractivity contribution is 9.10. The Hall–Kier alpha value is -2.08. The molecule has 19 heavy (non-hydrogen) atoms. The van der Waals surface area contributed by atoms with Gasteiger partial charge in [0.25, 0.3) is 0 Å². The van der Waals surface area contributed by atoms with Crippen LogP contribution in [0.1, 0.15) is 0 Å². The lowest BCUT2D eigenvalue weighted by Crippen LogP contribution is -1.90. The first kappa shape index (κ1) is 12.0. The van der Waals surface area contributed by atoms with Crippen LogP contribution in [0.25, 0.3) is 22.6 Å². The molecule has 0 saturated heterocycles. The van der Waals surface area contributed by atoms with Gasteiger partial charge in [0.1, 0.15) is 5.52 Å². The molecule has 0 bridgehead atoms. The number of hydrogen-bond acceptors (Lipinski definition) is 5. The highest BCUT2D eigenvalue weighted by atomic mass is 79.9. The minimum atomic E-state index is 0.435. The van der Waals surface area contributed by atoms with E-state index in [4.69, 9.17) is 14.9 Å². The molecule has 0 amide bonds. The van der Waals surface area contributed by atoms with Crippen molar-refractivity contribution < 1.29 is 9.15 Å². The fourth-order valence-corrected chi connectivity index (χ4v) is 2.32. The molecule has 0 unspecified atom stereocenters. The Bertz CT molecular complexity index is 755. The number of nitrogens with zero attached hydrogens (tertiary/aromatic N) is 2. The lowest BCUT2D eigenvalue weighted by molar-refractivity contribution is 0.398. The second-order valence-electron chi connectivity index (χ2n) is 3.92. The number of hydrogen-bond donors (Lipinski definition) is 1. The van der Waals surface area contributed by atoms with Gasteiger partial charge in [0.2, 0.25) is 11.8 Å². The van der Waals surface area contributed by atoms with Crippen LogP contribution in [-0.4, -0.2) is 17.1 Å². The molecule has 5 nitrogen and oxygen atoms in total. The monoisotopic (exact) mass is 319 g/mol. The van der Waals surface area contributed by atoms with Crippen LogP contribution in [0.4, 0.5) is 5.69 Å². The van der Waals surface area contributed by atoms with E-state index in [1.165, 1.54) is 0 Å². The maximum absolute atomic E-state index is 5.91. The number of methoxy groups -OCH3 is 1. The Balaban J connectivity index is 2.23. The van der Waals surface area contributed by atoms with Gasteiger partial charge in [-0.05, 0) is 24.3 Å². The lowest BCUT2D eigenvalue weighted by atomic mass is 10.2. The summed E-state index contributed by atoms with van der Waals surface area (Å²) in [6.45, 7) is 0. The van der Waals surface area contributed by atoms with Crippen LogP contribution in [0.15, 0.2) is 39.4 Å². The Morgan fingerprint density at radius 3 is 3.00 bits per heavy atom. The molecule has 0 atom stereocenters. The topological polar surface area (TPSA) is 74.2 Å². The van der Waals surface area contributed by atoms with Crippen molar-refractivity contribution in [3.63, 3.8) is 0 Å². The molecular formula is C13H10BrN3O2. The van der Waals surface area contributed by atoms with Crippen LogP contribution >= 0.6 is 15.9 Å². The van der Waals surface area contributed by atoms with E-state index >= 15 is 0 Å². The van der Waals surface area contributed by atoms with Crippen LogP contribution in [-0.2, 0) is 0 Å². The van der Waals surface area contributed by atoms with E-state index in [1.54, 1.807) is 25.4 Å². The molecular weight excluding hydrogens is 310 g/mol. The third kappa shape index (κ3) is 2.04. The molecule has 1 aromatic carbocycles. The summed E-state index contributed by atoms with van der Waals surface area (Å²) >= 11 is 3.38. The summed E-state index contributed by atoms with van der Waals surface area (Å²) in [6, 6.07) is 7.26. The number of benzene rings is 1. The van der Waals surface area contributed by atoms with Crippen LogP contribution in [0.5, 0.6) is 5.88 Å². The zero-order valence-corrected chi connectivity index (χ0v) is 11.6. The van der Waals surface area contributed by atoms with E-state index in [0.29, 0.717) is 34.1 Å². The maximum atomic E-state index is 5.91. The Morgan fingerprint density at radius 1 is 1.37 bits per heavy atom. The number of halogens is 1. The summed E-state index contributed by atoms with van der Waals surface area (Å²) in [5.74, 6) is 0.899. The number of nitrogens with two attached hydrogens (primary N) is 1. The zero-order valence-electron chi connectivity index (χ0n) is 10.1. The number of nitrogen functional groups attached to an aromatic ring is 1. The first-order valence-electron chi connectivity index (χ1n) is 5.54. The number of fused-ring (bicyclic) bond motifs is 1. The van der Waals surface area contributed by atoms with Crippen molar-refractivity contribution >= 4 is 32.7 Å². The molecule has 2 aromatic heterocycles. The molecule has 6 heteroatoms. The maximum Gasteiger partial charge on any atom is 0.232 e. The smallest absolute Gasteiger partial charge is 0.232 e. The third-order valence-electron chi connectivity index (χ3n) is 2.68. The van der Waals surface area contributed by atoms with Gasteiger partial charge < -0.3 is 14.9 Å². The normalized spacial score (nSPS) is 10.8. The van der Waals surface area contributed by atoms with Crippen molar-refractivity contribution in [2.45, 2.75) is 0 Å². The average molecular weight is 320 g/mol. The van der Waals surface area contributed by atoms with Gasteiger partial charge in [0.15, 0.2) is 5.58 Å². The van der Waals surface area contributed by atoms with E-state index in [1.807, 2.05) is 12.1 Å². The molecule has 0 aliphatic rings. The standard InChI is InChI=1S/C13H10BrN3O2/c1-18-12-8(3-2-4-16-12)13-17-10-6-7(14)5-9(15)11(10)19-13/h2-6H,15H2,1H3. The van der Waals surface area contributed by atoms with Crippen LogP contribution < -0.4 is 10.5 Å². The summed E-state index contributed by atoms with van der Waals surface area (Å²) in [5.41, 5.74) is 8.38. The van der Waals surface area contributed by atoms with Crippen LogP contribution in [0, 0.1) is 0 Å². The fraction of sp³-hybridized carbons (Fsp3) is 0.0769. The summed E-state index contributed by atoms with van der Waals surface area (Å²) < 4.78 is 11.8. The summed E-state index contributed by atoms with van der Waals surface area (Å²) in [7, 11) is 1.55. The molecule has 3 aromatic rings. The van der Waals surface area contributed by atoms with Gasteiger partial charge in [0, 0.05) is 10.7 Å². The summed E-state index contributed by atoms with van der Waals surface area (Å²) in [6.07, 6.45) is 1.65. The summed E-state index contributed by atoms with van der Waals surface area (Å²) in [4.78, 5) is 8.54. The van der Waals surface area contributed by atoms with Crippen molar-refractivity contribution in [1.82, 2.24) is 9.97 Å². The van der Waals surface area contributed by atoms with Gasteiger partial charge >= 0.3 is 0 Å². The molecule has 2 heterocycles. The lowest BCUT2D eigenvalue weighted by Gasteiger charge is -2.02. The van der Waals surface area contributed by atoms with E-state index in [-0.39, 0.29) is 0 Å². The number of rotatable bonds is 2. The fourth-order valence-electron chi connectivity index (χ4n) is 1.85. The quantitative estimate of drug-likeness (QED) is 0.734. The molecule has 0 aliphatic carbocycles. The van der Waals surface area contributed by atoms with E-state index in [9.17, 15) is 0 Å². The van der Waals surface area contributed by atoms with Gasteiger partial charge in [-0.1, -0.05) is 15.9 Å². The Labute approximate surface area is 117 Å². The van der Waals surface area contributed by atoms with Crippen LogP contribution in [0.3, 0.4) is 0 Å². The number of anilines is 1. The molecule has 2 N–H and O–H groups in total. The van der Waals surface area contributed by atoms with E-state index in [0.717, 1.165) is 4.47 Å². The predicted molar refractivity (Wildman–Crippen MR) is 75.9 cm³/mol. The molecule has 96 valence electrons. The zero-order chi connectivity index (χ0) is 13.4. The SMILES string of the molecule is COc1ncccc1-c1nc2cc(Br)cc(N)c2o1. The van der Waals surface area contributed by atoms with Gasteiger partial charge in [0.05, 0.1) is 18.4 Å². The number of aromatic nitrogens is 2. The van der Waals surface area contributed by atoms with Crippen molar-refractivity contribution in [3.8, 4) is 17.3 Å². The van der Waals surface area contributed by atoms with E-state index < -0.39 is 0 Å². The van der Waals surface area contributed by atoms with Gasteiger partial charge in [-0.3, -0.25) is 0 Å². The second-order valence-corrected chi connectivity index (χ2v) is 4.84. The molecule has 0 fully saturated rings. The number of pyridine rings is 1. The van der Waals surface area contributed by atoms with Crippen molar-refractivity contribution in [1.29, 1.82) is 0 Å². The Kier molecular flexibility index (Phi) is 2.87. The van der Waals surface area contributed by atoms with Gasteiger partial charge in [-0.15, -0.1) is 0 Å². The molecule has 3 rings (SSSR count). The molecule has 0 spiro atoms. The van der Waals surface area contributed by atoms with Gasteiger partial charge in [-0.25, -0.2) is 9.97 Å². The first-order valence-corrected chi connectivity index (χ1v) is 6.33. The molecule has 0 saturated carbocycles. The Morgan fingerprint density at radius 2 is 2.21 bits per heavy atom. The highest BCUT2D eigenvalue weighted by Crippen LogP contribution is 2.33. The number of ether oxygens (including phenoxy) is 1. The van der Waals surface area contributed by atoms with Crippen molar-refractivity contribution in [2.24, 2.45) is 0 Å². The minimum absolute atomic E-state index is 0.435. The average Bonchev–Trinajstić information content (AvgIpc) is 2.82.